The number of carbonyl (C=O) groups excluding carboxylic acids is 1. The molecule has 0 saturated carbocycles. The number of alkyl halides is 3. The summed E-state index contributed by atoms with van der Waals surface area (Å²) in [4.78, 5) is 17.2. The number of pyridine rings is 1. The third-order valence-corrected chi connectivity index (χ3v) is 4.34. The van der Waals surface area contributed by atoms with Gasteiger partial charge in [0.25, 0.3) is 0 Å². The van der Waals surface area contributed by atoms with Crippen molar-refractivity contribution in [3.63, 3.8) is 0 Å². The number of piperidine rings is 1. The van der Waals surface area contributed by atoms with Crippen molar-refractivity contribution in [1.29, 1.82) is 0 Å². The van der Waals surface area contributed by atoms with Crippen LogP contribution in [-0.4, -0.2) is 50.2 Å². The van der Waals surface area contributed by atoms with Gasteiger partial charge in [0.2, 0.25) is 0 Å². The number of rotatable bonds is 2. The van der Waals surface area contributed by atoms with Crippen molar-refractivity contribution in [2.75, 3.05) is 44.0 Å². The van der Waals surface area contributed by atoms with E-state index in [4.69, 9.17) is 15.2 Å². The molecule has 0 aliphatic carbocycles. The summed E-state index contributed by atoms with van der Waals surface area (Å²) in [6.07, 6.45) is -3.80. The Morgan fingerprint density at radius 3 is 2.44 bits per heavy atom. The van der Waals surface area contributed by atoms with E-state index in [1.807, 2.05) is 0 Å². The van der Waals surface area contributed by atoms with Crippen LogP contribution in [0.5, 0.6) is 0 Å². The average molecular weight is 361 g/mol. The summed E-state index contributed by atoms with van der Waals surface area (Å²) in [5.74, 6) is -1.58. The normalized spacial score (nSPS) is 20.1. The molecule has 25 heavy (non-hydrogen) atoms. The third kappa shape index (κ3) is 3.36. The second kappa shape index (κ2) is 6.34. The van der Waals surface area contributed by atoms with Crippen LogP contribution in [0.2, 0.25) is 0 Å². The molecular formula is C15H18F3N3O4. The van der Waals surface area contributed by atoms with Crippen LogP contribution in [0.4, 0.5) is 24.7 Å². The second-order valence-electron chi connectivity index (χ2n) is 5.88. The predicted octanol–water partition coefficient (Wildman–Crippen LogP) is 1.81. The lowest BCUT2D eigenvalue weighted by Gasteiger charge is -2.38. The summed E-state index contributed by atoms with van der Waals surface area (Å²) in [5.41, 5.74) is 3.51. The lowest BCUT2D eigenvalue weighted by atomic mass is 10.0. The van der Waals surface area contributed by atoms with E-state index >= 15 is 0 Å². The van der Waals surface area contributed by atoms with Crippen molar-refractivity contribution in [3.8, 4) is 0 Å². The van der Waals surface area contributed by atoms with Gasteiger partial charge in [0.1, 0.15) is 11.4 Å². The molecule has 1 aromatic heterocycles. The maximum absolute atomic E-state index is 13.1. The Morgan fingerprint density at radius 2 is 1.92 bits per heavy atom. The molecule has 0 radical (unpaired) electrons. The average Bonchev–Trinajstić information content (AvgIpc) is 3.02. The highest BCUT2D eigenvalue weighted by Gasteiger charge is 2.42. The number of esters is 1. The first-order chi connectivity index (χ1) is 11.8. The summed E-state index contributed by atoms with van der Waals surface area (Å²) < 4.78 is 55.3. The van der Waals surface area contributed by atoms with Gasteiger partial charge in [-0.25, -0.2) is 9.78 Å². The molecule has 3 heterocycles. The molecule has 0 unspecified atom stereocenters. The van der Waals surface area contributed by atoms with E-state index in [0.717, 1.165) is 13.2 Å². The predicted molar refractivity (Wildman–Crippen MR) is 81.1 cm³/mol. The Hall–Kier alpha value is -2.07. The van der Waals surface area contributed by atoms with Gasteiger partial charge in [-0.05, 0) is 6.07 Å². The maximum Gasteiger partial charge on any atom is 0.435 e. The quantitative estimate of drug-likeness (QED) is 0.804. The summed E-state index contributed by atoms with van der Waals surface area (Å²) in [6, 6.07) is 0.962. The van der Waals surface area contributed by atoms with Crippen LogP contribution >= 0.6 is 0 Å². The highest BCUT2D eigenvalue weighted by Crippen LogP contribution is 2.38. The van der Waals surface area contributed by atoms with E-state index in [1.54, 1.807) is 4.90 Å². The first-order valence-electron chi connectivity index (χ1n) is 7.75. The fourth-order valence-corrected chi connectivity index (χ4v) is 3.09. The number of halogens is 3. The molecule has 2 fully saturated rings. The van der Waals surface area contributed by atoms with Gasteiger partial charge in [-0.1, -0.05) is 0 Å². The van der Waals surface area contributed by atoms with Crippen molar-refractivity contribution in [1.82, 2.24) is 4.98 Å². The summed E-state index contributed by atoms with van der Waals surface area (Å²) in [7, 11) is 1.14. The van der Waals surface area contributed by atoms with Crippen LogP contribution in [-0.2, 0) is 20.4 Å². The number of nitrogen functional groups attached to an aromatic ring is 1. The molecule has 2 saturated heterocycles. The van der Waals surface area contributed by atoms with Gasteiger partial charge >= 0.3 is 12.1 Å². The number of anilines is 2. The molecule has 7 nitrogen and oxygen atoms in total. The molecule has 0 aromatic carbocycles. The van der Waals surface area contributed by atoms with Crippen molar-refractivity contribution in [2.24, 2.45) is 0 Å². The Labute approximate surface area is 141 Å². The number of nitrogens with two attached hydrogens (primary N) is 1. The highest BCUT2D eigenvalue weighted by molar-refractivity contribution is 5.96. The molecule has 138 valence electrons. The minimum absolute atomic E-state index is 0.0961. The van der Waals surface area contributed by atoms with E-state index in [1.165, 1.54) is 0 Å². The van der Waals surface area contributed by atoms with Gasteiger partial charge < -0.3 is 24.8 Å². The Balaban J connectivity index is 1.94. The molecule has 0 amide bonds. The van der Waals surface area contributed by atoms with Crippen molar-refractivity contribution in [2.45, 2.75) is 24.8 Å². The van der Waals surface area contributed by atoms with Gasteiger partial charge in [-0.15, -0.1) is 0 Å². The number of methoxy groups -OCH3 is 1. The minimum Gasteiger partial charge on any atom is -0.465 e. The van der Waals surface area contributed by atoms with Crippen LogP contribution in [0.25, 0.3) is 0 Å². The minimum atomic E-state index is -4.72. The third-order valence-electron chi connectivity index (χ3n) is 4.34. The van der Waals surface area contributed by atoms with E-state index < -0.39 is 29.3 Å². The number of aromatic nitrogens is 1. The fraction of sp³-hybridized carbons (Fsp3) is 0.600. The van der Waals surface area contributed by atoms with Crippen LogP contribution < -0.4 is 10.6 Å². The number of nitrogens with zero attached hydrogens (tertiary/aromatic N) is 2. The van der Waals surface area contributed by atoms with Gasteiger partial charge in [0.05, 0.1) is 26.0 Å². The maximum atomic E-state index is 13.1. The van der Waals surface area contributed by atoms with Crippen LogP contribution in [0.1, 0.15) is 28.9 Å². The van der Waals surface area contributed by atoms with Gasteiger partial charge in [0, 0.05) is 25.9 Å². The molecule has 3 rings (SSSR count). The first kappa shape index (κ1) is 17.7. The summed E-state index contributed by atoms with van der Waals surface area (Å²) in [5, 5.41) is 0. The summed E-state index contributed by atoms with van der Waals surface area (Å²) in [6.45, 7) is 1.65. The lowest BCUT2D eigenvalue weighted by molar-refractivity contribution is -0.169. The zero-order chi connectivity index (χ0) is 18.2. The van der Waals surface area contributed by atoms with Gasteiger partial charge in [-0.3, -0.25) is 0 Å². The van der Waals surface area contributed by atoms with Crippen molar-refractivity contribution < 1.29 is 32.2 Å². The van der Waals surface area contributed by atoms with E-state index in [9.17, 15) is 18.0 Å². The van der Waals surface area contributed by atoms with Gasteiger partial charge in [0.15, 0.2) is 11.5 Å². The molecule has 1 aromatic rings. The highest BCUT2D eigenvalue weighted by atomic mass is 19.4. The molecule has 0 bridgehead atoms. The standard InChI is InChI=1S/C15H18F3N3O4/c1-23-13(22)9-8-10(19)11(15(16,17)18)20-12(9)21-4-2-14(3-5-21)24-6-7-25-14/h8H,2-7,19H2,1H3. The van der Waals surface area contributed by atoms with Crippen molar-refractivity contribution in [3.05, 3.63) is 17.3 Å². The fourth-order valence-electron chi connectivity index (χ4n) is 3.09. The zero-order valence-corrected chi connectivity index (χ0v) is 13.6. The second-order valence-corrected chi connectivity index (χ2v) is 5.88. The molecule has 0 atom stereocenters. The first-order valence-corrected chi connectivity index (χ1v) is 7.75. The largest absolute Gasteiger partial charge is 0.465 e. The number of hydrogen-bond donors (Lipinski definition) is 1. The molecule has 2 N–H and O–H groups in total. The van der Waals surface area contributed by atoms with E-state index in [0.29, 0.717) is 39.1 Å². The number of hydrogen-bond acceptors (Lipinski definition) is 7. The Morgan fingerprint density at radius 1 is 1.32 bits per heavy atom. The molecule has 1 spiro atoms. The van der Waals surface area contributed by atoms with Crippen molar-refractivity contribution >= 4 is 17.5 Å². The van der Waals surface area contributed by atoms with Crippen LogP contribution in [0, 0.1) is 0 Å². The molecule has 2 aliphatic rings. The van der Waals surface area contributed by atoms with E-state index in [-0.39, 0.29) is 11.4 Å². The smallest absolute Gasteiger partial charge is 0.435 e. The van der Waals surface area contributed by atoms with Gasteiger partial charge in [-0.2, -0.15) is 13.2 Å². The number of carbonyl (C=O) groups is 1. The number of ether oxygens (including phenoxy) is 3. The summed E-state index contributed by atoms with van der Waals surface area (Å²) >= 11 is 0. The lowest BCUT2D eigenvalue weighted by Crippen LogP contribution is -2.46. The Bertz CT molecular complexity index is 665. The topological polar surface area (TPSA) is 86.9 Å². The Kier molecular flexibility index (Phi) is 4.50. The monoisotopic (exact) mass is 361 g/mol. The SMILES string of the molecule is COC(=O)c1cc(N)c(C(F)(F)F)nc1N1CCC2(CC1)OCCO2. The van der Waals surface area contributed by atoms with Crippen LogP contribution in [0.15, 0.2) is 6.07 Å². The van der Waals surface area contributed by atoms with E-state index in [2.05, 4.69) is 9.72 Å². The zero-order valence-electron chi connectivity index (χ0n) is 13.6. The molecular weight excluding hydrogens is 343 g/mol. The molecule has 2 aliphatic heterocycles. The van der Waals surface area contributed by atoms with Crippen LogP contribution in [0.3, 0.4) is 0 Å². The molecule has 10 heteroatoms.